The summed E-state index contributed by atoms with van der Waals surface area (Å²) in [5, 5.41) is 17.8. The van der Waals surface area contributed by atoms with Crippen molar-refractivity contribution in [1.82, 2.24) is 0 Å². The van der Waals surface area contributed by atoms with E-state index in [1.807, 2.05) is 0 Å². The van der Waals surface area contributed by atoms with Crippen LogP contribution in [0.4, 0.5) is 13.2 Å². The van der Waals surface area contributed by atoms with Crippen LogP contribution in [0.2, 0.25) is 0 Å². The lowest BCUT2D eigenvalue weighted by Crippen LogP contribution is -2.31. The Morgan fingerprint density at radius 3 is 2.31 bits per heavy atom. The van der Waals surface area contributed by atoms with Gasteiger partial charge in [0.05, 0.1) is 5.56 Å². The van der Waals surface area contributed by atoms with E-state index in [1.165, 1.54) is 17.8 Å². The van der Waals surface area contributed by atoms with Gasteiger partial charge in [0.1, 0.15) is 0 Å². The monoisotopic (exact) mass is 250 g/mol. The Kier molecular flexibility index (Phi) is 4.29. The normalized spacial score (nSPS) is 11.6. The molecule has 0 heterocycles. The first kappa shape index (κ1) is 13.4. The number of hydrogen-bond donors (Lipinski definition) is 2. The van der Waals surface area contributed by atoms with E-state index in [-0.39, 0.29) is 5.46 Å². The van der Waals surface area contributed by atoms with Gasteiger partial charge < -0.3 is 10.0 Å². The summed E-state index contributed by atoms with van der Waals surface area (Å²) in [4.78, 5) is 0.375. The number of halogens is 3. The molecule has 0 atom stereocenters. The fourth-order valence-corrected chi connectivity index (χ4v) is 1.95. The van der Waals surface area contributed by atoms with Gasteiger partial charge in [-0.15, -0.1) is 11.8 Å². The summed E-state index contributed by atoms with van der Waals surface area (Å²) < 4.78 is 37.4. The average molecular weight is 250 g/mol. The lowest BCUT2D eigenvalue weighted by Gasteiger charge is -2.11. The van der Waals surface area contributed by atoms with Gasteiger partial charge in [0.25, 0.3) is 0 Å². The molecule has 0 aliphatic heterocycles. The highest BCUT2D eigenvalue weighted by Gasteiger charge is 2.32. The molecule has 16 heavy (non-hydrogen) atoms. The molecule has 0 aliphatic carbocycles. The minimum atomic E-state index is -4.48. The maximum absolute atomic E-state index is 12.5. The number of hydrogen-bond acceptors (Lipinski definition) is 3. The van der Waals surface area contributed by atoms with Crippen molar-refractivity contribution in [2.45, 2.75) is 18.0 Å². The van der Waals surface area contributed by atoms with Crippen molar-refractivity contribution in [3.05, 3.63) is 23.8 Å². The summed E-state index contributed by atoms with van der Waals surface area (Å²) in [6, 6.07) is 3.08. The third-order valence-electron chi connectivity index (χ3n) is 1.87. The predicted octanol–water partition coefficient (Wildman–Crippen LogP) is 1.50. The van der Waals surface area contributed by atoms with E-state index in [0.29, 0.717) is 10.6 Å². The van der Waals surface area contributed by atoms with E-state index < -0.39 is 18.9 Å². The molecule has 1 aromatic carbocycles. The van der Waals surface area contributed by atoms with Crippen molar-refractivity contribution < 1.29 is 23.2 Å². The number of rotatable bonds is 3. The Bertz CT molecular complexity index is 368. The van der Waals surface area contributed by atoms with Crippen molar-refractivity contribution in [3.63, 3.8) is 0 Å². The summed E-state index contributed by atoms with van der Waals surface area (Å²) in [7, 11) is -1.89. The molecule has 0 unspecified atom stereocenters. The van der Waals surface area contributed by atoms with Crippen molar-refractivity contribution >= 4 is 24.3 Å². The molecule has 0 fully saturated rings. The molecular formula is C9H10BF3O2S. The highest BCUT2D eigenvalue weighted by molar-refractivity contribution is 7.99. The second-order valence-electron chi connectivity index (χ2n) is 3.10. The van der Waals surface area contributed by atoms with Gasteiger partial charge in [0, 0.05) is 4.90 Å². The van der Waals surface area contributed by atoms with Crippen molar-refractivity contribution in [3.8, 4) is 0 Å². The van der Waals surface area contributed by atoms with Gasteiger partial charge in [-0.1, -0.05) is 13.0 Å². The molecule has 2 N–H and O–H groups in total. The minimum Gasteiger partial charge on any atom is -0.423 e. The van der Waals surface area contributed by atoms with Crippen LogP contribution >= 0.6 is 11.8 Å². The molecule has 0 radical (unpaired) electrons. The molecule has 88 valence electrons. The maximum atomic E-state index is 12.5. The van der Waals surface area contributed by atoms with Gasteiger partial charge in [-0.25, -0.2) is 0 Å². The summed E-state index contributed by atoms with van der Waals surface area (Å²) in [5.41, 5.74) is -1.01. The zero-order valence-corrected chi connectivity index (χ0v) is 9.27. The Morgan fingerprint density at radius 1 is 1.25 bits per heavy atom. The van der Waals surface area contributed by atoms with Crippen LogP contribution in [0.3, 0.4) is 0 Å². The van der Waals surface area contributed by atoms with Crippen LogP contribution in [-0.4, -0.2) is 22.9 Å². The Morgan fingerprint density at radius 2 is 1.88 bits per heavy atom. The van der Waals surface area contributed by atoms with Gasteiger partial charge >= 0.3 is 13.3 Å². The van der Waals surface area contributed by atoms with Crippen LogP contribution in [0.1, 0.15) is 12.5 Å². The van der Waals surface area contributed by atoms with Crippen molar-refractivity contribution in [2.24, 2.45) is 0 Å². The van der Waals surface area contributed by atoms with Gasteiger partial charge in [-0.05, 0) is 23.3 Å². The van der Waals surface area contributed by atoms with Crippen molar-refractivity contribution in [1.29, 1.82) is 0 Å². The van der Waals surface area contributed by atoms with E-state index in [4.69, 9.17) is 10.0 Å². The zero-order chi connectivity index (χ0) is 12.3. The molecule has 0 bridgehead atoms. The quantitative estimate of drug-likeness (QED) is 0.630. The predicted molar refractivity (Wildman–Crippen MR) is 57.7 cm³/mol. The molecule has 0 saturated heterocycles. The molecular weight excluding hydrogens is 240 g/mol. The van der Waals surface area contributed by atoms with E-state index >= 15 is 0 Å². The second-order valence-corrected chi connectivity index (χ2v) is 4.43. The van der Waals surface area contributed by atoms with E-state index in [0.717, 1.165) is 12.1 Å². The van der Waals surface area contributed by atoms with Crippen LogP contribution < -0.4 is 5.46 Å². The van der Waals surface area contributed by atoms with Crippen molar-refractivity contribution in [2.75, 3.05) is 5.75 Å². The van der Waals surface area contributed by atoms with Crippen LogP contribution in [0.25, 0.3) is 0 Å². The maximum Gasteiger partial charge on any atom is 0.488 e. The molecule has 1 aromatic rings. The standard InChI is InChI=1S/C9H10BF3O2S/c1-2-16-8-4-6(9(11,12)13)3-7(5-8)10(14)15/h3-5,14-15H,2H2,1H3. The lowest BCUT2D eigenvalue weighted by molar-refractivity contribution is -0.137. The molecule has 0 spiro atoms. The lowest BCUT2D eigenvalue weighted by atomic mass is 9.79. The minimum absolute atomic E-state index is 0.147. The number of alkyl halides is 3. The summed E-state index contributed by atoms with van der Waals surface area (Å²) in [5.74, 6) is 0.613. The third kappa shape index (κ3) is 3.43. The highest BCUT2D eigenvalue weighted by atomic mass is 32.2. The van der Waals surface area contributed by atoms with Gasteiger partial charge in [0.15, 0.2) is 0 Å². The first-order chi connectivity index (χ1) is 7.34. The third-order valence-corrected chi connectivity index (χ3v) is 2.72. The first-order valence-electron chi connectivity index (χ1n) is 4.55. The van der Waals surface area contributed by atoms with Gasteiger partial charge in [0.2, 0.25) is 0 Å². The fraction of sp³-hybridized carbons (Fsp3) is 0.333. The van der Waals surface area contributed by atoms with E-state index in [2.05, 4.69) is 0 Å². The molecule has 0 saturated carbocycles. The summed E-state index contributed by atoms with van der Waals surface area (Å²) in [6.45, 7) is 1.81. The summed E-state index contributed by atoms with van der Waals surface area (Å²) in [6.07, 6.45) is -4.48. The van der Waals surface area contributed by atoms with Crippen LogP contribution in [-0.2, 0) is 6.18 Å². The zero-order valence-electron chi connectivity index (χ0n) is 8.45. The molecule has 0 amide bonds. The largest absolute Gasteiger partial charge is 0.488 e. The number of thioether (sulfide) groups is 1. The van der Waals surface area contributed by atoms with Crippen LogP contribution in [0.5, 0.6) is 0 Å². The smallest absolute Gasteiger partial charge is 0.423 e. The molecule has 7 heteroatoms. The fourth-order valence-electron chi connectivity index (χ4n) is 1.18. The molecule has 2 nitrogen and oxygen atoms in total. The first-order valence-corrected chi connectivity index (χ1v) is 5.54. The molecule has 0 aromatic heterocycles. The average Bonchev–Trinajstić information content (AvgIpc) is 2.16. The van der Waals surface area contributed by atoms with Gasteiger partial charge in [-0.3, -0.25) is 0 Å². The highest BCUT2D eigenvalue weighted by Crippen LogP contribution is 2.31. The van der Waals surface area contributed by atoms with Crippen LogP contribution in [0.15, 0.2) is 23.1 Å². The van der Waals surface area contributed by atoms with E-state index in [1.54, 1.807) is 6.92 Å². The Balaban J connectivity index is 3.19. The topological polar surface area (TPSA) is 40.5 Å². The number of benzene rings is 1. The molecule has 0 aliphatic rings. The SMILES string of the molecule is CCSc1cc(B(O)O)cc(C(F)(F)F)c1. The van der Waals surface area contributed by atoms with Gasteiger partial charge in [-0.2, -0.15) is 13.2 Å². The second kappa shape index (κ2) is 5.12. The Labute approximate surface area is 95.6 Å². The van der Waals surface area contributed by atoms with E-state index in [9.17, 15) is 13.2 Å². The Hall–Kier alpha value is -0.655. The van der Waals surface area contributed by atoms with Crippen LogP contribution in [0, 0.1) is 0 Å². The summed E-state index contributed by atoms with van der Waals surface area (Å²) >= 11 is 1.21. The molecule has 1 rings (SSSR count).